The van der Waals surface area contributed by atoms with Gasteiger partial charge in [0.1, 0.15) is 11.7 Å². The summed E-state index contributed by atoms with van der Waals surface area (Å²) >= 11 is 0. The first-order valence-electron chi connectivity index (χ1n) is 9.50. The third-order valence-corrected chi connectivity index (χ3v) is 6.09. The largest absolute Gasteiger partial charge is 0.510 e. The molecule has 29 heavy (non-hydrogen) atoms. The summed E-state index contributed by atoms with van der Waals surface area (Å²) in [5, 5.41) is 0. The molecule has 0 amide bonds. The van der Waals surface area contributed by atoms with Gasteiger partial charge in [-0.2, -0.15) is 26.3 Å². The zero-order chi connectivity index (χ0) is 21.8. The number of fused-ring (bicyclic) bond motifs is 5. The maximum Gasteiger partial charge on any atom is 0.510 e. The number of ether oxygens (including phenoxy) is 3. The Morgan fingerprint density at radius 3 is 2.17 bits per heavy atom. The third kappa shape index (κ3) is 4.03. The van der Waals surface area contributed by atoms with Crippen molar-refractivity contribution in [2.24, 2.45) is 23.7 Å². The molecule has 4 nitrogen and oxygen atoms in total. The fourth-order valence-electron chi connectivity index (χ4n) is 4.99. The topological polar surface area (TPSA) is 44.8 Å². The molecule has 166 valence electrons. The molecule has 5 atom stereocenters. The first-order chi connectivity index (χ1) is 13.1. The fourth-order valence-corrected chi connectivity index (χ4v) is 4.99. The van der Waals surface area contributed by atoms with Crippen molar-refractivity contribution >= 4 is 6.16 Å². The SMILES string of the molecule is CC(C)(C)OC(=O)OC(CC1CC2CC1C1OC=CCC21)(C(F)(F)F)C(F)(F)F. The first kappa shape index (κ1) is 22.1. The molecule has 0 aromatic heterocycles. The standard InChI is InChI=1S/C19H24F6O4/c1-16(2,3)28-15(26)29-17(18(20,21)22,19(23,24)25)9-11-7-10-8-13(11)14-12(10)5-4-6-27-14/h4,6,10-14H,5,7-9H2,1-3H3. The van der Waals surface area contributed by atoms with Gasteiger partial charge in [0.15, 0.2) is 0 Å². The summed E-state index contributed by atoms with van der Waals surface area (Å²) in [6, 6.07) is 0. The van der Waals surface area contributed by atoms with Crippen molar-refractivity contribution in [1.82, 2.24) is 0 Å². The average Bonchev–Trinajstić information content (AvgIpc) is 3.09. The zero-order valence-corrected chi connectivity index (χ0v) is 16.3. The second kappa shape index (κ2) is 6.97. The summed E-state index contributed by atoms with van der Waals surface area (Å²) in [7, 11) is 0. The Bertz CT molecular complexity index is 649. The zero-order valence-electron chi connectivity index (χ0n) is 16.3. The van der Waals surface area contributed by atoms with Crippen LogP contribution in [0, 0.1) is 23.7 Å². The number of hydrogen-bond donors (Lipinski definition) is 0. The molecule has 2 fully saturated rings. The number of rotatable bonds is 3. The maximum atomic E-state index is 13.8. The van der Waals surface area contributed by atoms with Crippen molar-refractivity contribution in [2.45, 2.75) is 76.1 Å². The Balaban J connectivity index is 1.88. The lowest BCUT2D eigenvalue weighted by atomic mass is 9.73. The number of hydrogen-bond acceptors (Lipinski definition) is 4. The lowest BCUT2D eigenvalue weighted by Crippen LogP contribution is -2.61. The number of alkyl halides is 6. The predicted octanol–water partition coefficient (Wildman–Crippen LogP) is 5.77. The minimum absolute atomic E-state index is 0.000596. The molecule has 0 N–H and O–H groups in total. The van der Waals surface area contributed by atoms with Crippen LogP contribution in [0.25, 0.3) is 0 Å². The Hall–Kier alpha value is -1.61. The summed E-state index contributed by atoms with van der Waals surface area (Å²) in [4.78, 5) is 11.9. The summed E-state index contributed by atoms with van der Waals surface area (Å²) < 4.78 is 97.0. The van der Waals surface area contributed by atoms with Gasteiger partial charge in [-0.15, -0.1) is 0 Å². The minimum Gasteiger partial charge on any atom is -0.498 e. The van der Waals surface area contributed by atoms with Gasteiger partial charge in [-0.3, -0.25) is 0 Å². The molecule has 1 heterocycles. The van der Waals surface area contributed by atoms with Gasteiger partial charge in [0.05, 0.1) is 6.26 Å². The quantitative estimate of drug-likeness (QED) is 0.422. The monoisotopic (exact) mass is 430 g/mol. The molecule has 2 saturated carbocycles. The molecule has 3 rings (SSSR count). The van der Waals surface area contributed by atoms with E-state index in [1.165, 1.54) is 27.0 Å². The minimum atomic E-state index is -5.85. The summed E-state index contributed by atoms with van der Waals surface area (Å²) in [5.74, 6) is -1.26. The van der Waals surface area contributed by atoms with Crippen LogP contribution in [0.1, 0.15) is 46.5 Å². The van der Waals surface area contributed by atoms with Crippen molar-refractivity contribution in [3.05, 3.63) is 12.3 Å². The maximum absolute atomic E-state index is 13.8. The van der Waals surface area contributed by atoms with Gasteiger partial charge < -0.3 is 14.2 Å². The fraction of sp³-hybridized carbons (Fsp3) is 0.842. The average molecular weight is 430 g/mol. The summed E-state index contributed by atoms with van der Waals surface area (Å²) in [6.07, 6.45) is -10.8. The van der Waals surface area contributed by atoms with Gasteiger partial charge in [0.25, 0.3) is 0 Å². The third-order valence-electron chi connectivity index (χ3n) is 6.09. The van der Waals surface area contributed by atoms with Crippen molar-refractivity contribution in [3.8, 4) is 0 Å². The Labute approximate surface area is 164 Å². The smallest absolute Gasteiger partial charge is 0.498 e. The van der Waals surface area contributed by atoms with E-state index in [1.54, 1.807) is 0 Å². The molecule has 10 heteroatoms. The highest BCUT2D eigenvalue weighted by Gasteiger charge is 2.76. The highest BCUT2D eigenvalue weighted by atomic mass is 19.4. The molecule has 0 saturated heterocycles. The van der Waals surface area contributed by atoms with E-state index in [4.69, 9.17) is 4.74 Å². The highest BCUT2D eigenvalue weighted by Crippen LogP contribution is 2.60. The van der Waals surface area contributed by atoms with Gasteiger partial charge in [-0.1, -0.05) is 0 Å². The number of carbonyl (C=O) groups excluding carboxylic acids is 1. The van der Waals surface area contributed by atoms with Crippen molar-refractivity contribution in [2.75, 3.05) is 0 Å². The molecule has 0 aromatic rings. The van der Waals surface area contributed by atoms with Crippen LogP contribution in [0.3, 0.4) is 0 Å². The number of allylic oxidation sites excluding steroid dienone is 1. The van der Waals surface area contributed by atoms with E-state index in [0.29, 0.717) is 12.8 Å². The normalized spacial score (nSPS) is 32.0. The summed E-state index contributed by atoms with van der Waals surface area (Å²) in [6.45, 7) is 3.96. The van der Waals surface area contributed by atoms with E-state index in [9.17, 15) is 31.1 Å². The Morgan fingerprint density at radius 2 is 1.62 bits per heavy atom. The van der Waals surface area contributed by atoms with E-state index in [-0.39, 0.29) is 18.3 Å². The van der Waals surface area contributed by atoms with Gasteiger partial charge >= 0.3 is 24.1 Å². The lowest BCUT2D eigenvalue weighted by molar-refractivity contribution is -0.374. The molecule has 3 aliphatic rings. The van der Waals surface area contributed by atoms with Crippen LogP contribution in [0.4, 0.5) is 31.1 Å². The molecule has 2 bridgehead atoms. The van der Waals surface area contributed by atoms with Crippen molar-refractivity contribution < 1.29 is 45.3 Å². The van der Waals surface area contributed by atoms with Crippen molar-refractivity contribution in [3.63, 3.8) is 0 Å². The van der Waals surface area contributed by atoms with Crippen LogP contribution in [-0.2, 0) is 14.2 Å². The van der Waals surface area contributed by atoms with Crippen LogP contribution in [0.5, 0.6) is 0 Å². The van der Waals surface area contributed by atoms with E-state index < -0.39 is 54.1 Å². The molecule has 1 aliphatic heterocycles. The molecule has 5 unspecified atom stereocenters. The van der Waals surface area contributed by atoms with E-state index in [0.717, 1.165) is 0 Å². The first-order valence-corrected chi connectivity index (χ1v) is 9.50. The van der Waals surface area contributed by atoms with Gasteiger partial charge in [-0.05, 0) is 63.9 Å². The molecular formula is C19H24F6O4. The van der Waals surface area contributed by atoms with E-state index in [2.05, 4.69) is 9.47 Å². The van der Waals surface area contributed by atoms with Crippen LogP contribution >= 0.6 is 0 Å². The summed E-state index contributed by atoms with van der Waals surface area (Å²) in [5.41, 5.74) is -5.93. The molecule has 0 radical (unpaired) electrons. The predicted molar refractivity (Wildman–Crippen MR) is 88.6 cm³/mol. The molecule has 2 aliphatic carbocycles. The molecular weight excluding hydrogens is 406 g/mol. The second-order valence-corrected chi connectivity index (χ2v) is 9.12. The van der Waals surface area contributed by atoms with Gasteiger partial charge in [0, 0.05) is 12.3 Å². The van der Waals surface area contributed by atoms with Crippen LogP contribution < -0.4 is 0 Å². The van der Waals surface area contributed by atoms with E-state index in [1.807, 2.05) is 6.08 Å². The second-order valence-electron chi connectivity index (χ2n) is 9.12. The van der Waals surface area contributed by atoms with Gasteiger partial charge in [0.2, 0.25) is 0 Å². The van der Waals surface area contributed by atoms with Crippen molar-refractivity contribution in [1.29, 1.82) is 0 Å². The van der Waals surface area contributed by atoms with Gasteiger partial charge in [-0.25, -0.2) is 4.79 Å². The van der Waals surface area contributed by atoms with Crippen LogP contribution in [0.15, 0.2) is 12.3 Å². The number of halogens is 6. The highest BCUT2D eigenvalue weighted by molar-refractivity contribution is 5.61. The number of carbonyl (C=O) groups is 1. The van der Waals surface area contributed by atoms with Crippen LogP contribution in [0.2, 0.25) is 0 Å². The Morgan fingerprint density at radius 1 is 1.00 bits per heavy atom. The molecule has 0 aromatic carbocycles. The van der Waals surface area contributed by atoms with E-state index >= 15 is 0 Å². The van der Waals surface area contributed by atoms with Crippen LogP contribution in [-0.4, -0.2) is 35.8 Å². The Kier molecular flexibility index (Phi) is 5.31. The molecule has 0 spiro atoms. The lowest BCUT2D eigenvalue weighted by Gasteiger charge is -2.42.